The number of para-hydroxylation sites is 2. The Morgan fingerprint density at radius 1 is 1.10 bits per heavy atom. The highest BCUT2D eigenvalue weighted by Gasteiger charge is 2.24. The van der Waals surface area contributed by atoms with Crippen LogP contribution in [0, 0.1) is 18.8 Å². The number of rotatable bonds is 4. The van der Waals surface area contributed by atoms with E-state index in [4.69, 9.17) is 10.5 Å². The van der Waals surface area contributed by atoms with Gasteiger partial charge >= 0.3 is 0 Å². The predicted octanol–water partition coefficient (Wildman–Crippen LogP) is 3.08. The largest absolute Gasteiger partial charge is 0.476 e. The highest BCUT2D eigenvalue weighted by Crippen LogP contribution is 2.30. The second-order valence-corrected chi connectivity index (χ2v) is 5.95. The summed E-state index contributed by atoms with van der Waals surface area (Å²) in [7, 11) is 0. The number of hydrogen-bond donors (Lipinski definition) is 1. The molecule has 0 radical (unpaired) electrons. The van der Waals surface area contributed by atoms with Crippen molar-refractivity contribution in [1.29, 1.82) is 0 Å². The third-order valence-corrected chi connectivity index (χ3v) is 4.50. The zero-order valence-corrected chi connectivity index (χ0v) is 12.6. The summed E-state index contributed by atoms with van der Waals surface area (Å²) in [6.07, 6.45) is 5.02. The molecule has 2 atom stereocenters. The van der Waals surface area contributed by atoms with Gasteiger partial charge in [0.25, 0.3) is 0 Å². The summed E-state index contributed by atoms with van der Waals surface area (Å²) in [5, 5.41) is 0. The molecule has 1 saturated carbocycles. The van der Waals surface area contributed by atoms with Crippen LogP contribution in [-0.2, 0) is 0 Å². The van der Waals surface area contributed by atoms with Gasteiger partial charge in [0.05, 0.1) is 17.6 Å². The maximum absolute atomic E-state index is 5.99. The lowest BCUT2D eigenvalue weighted by molar-refractivity contribution is 0.149. The van der Waals surface area contributed by atoms with E-state index in [0.29, 0.717) is 24.3 Å². The normalized spacial score (nSPS) is 22.4. The first-order valence-corrected chi connectivity index (χ1v) is 7.84. The van der Waals surface area contributed by atoms with Crippen LogP contribution in [0.2, 0.25) is 0 Å². The Balaban J connectivity index is 1.73. The summed E-state index contributed by atoms with van der Waals surface area (Å²) in [5.41, 5.74) is 8.54. The van der Waals surface area contributed by atoms with Gasteiger partial charge in [-0.15, -0.1) is 0 Å². The van der Waals surface area contributed by atoms with Gasteiger partial charge in [-0.2, -0.15) is 0 Å². The molecule has 1 fully saturated rings. The minimum atomic E-state index is 0.552. The predicted molar refractivity (Wildman–Crippen MR) is 84.3 cm³/mol. The van der Waals surface area contributed by atoms with E-state index < -0.39 is 0 Å². The van der Waals surface area contributed by atoms with Crippen molar-refractivity contribution in [2.24, 2.45) is 17.6 Å². The molecule has 0 saturated heterocycles. The molecule has 2 aromatic rings. The molecule has 2 unspecified atom stereocenters. The van der Waals surface area contributed by atoms with Crippen molar-refractivity contribution in [3.8, 4) is 5.88 Å². The number of aryl methyl sites for hydroxylation is 1. The first kappa shape index (κ1) is 14.3. The van der Waals surface area contributed by atoms with E-state index in [2.05, 4.69) is 9.97 Å². The Kier molecular flexibility index (Phi) is 4.34. The maximum atomic E-state index is 5.99. The van der Waals surface area contributed by atoms with Crippen LogP contribution >= 0.6 is 0 Å². The minimum absolute atomic E-state index is 0.552. The van der Waals surface area contributed by atoms with Gasteiger partial charge in [0.1, 0.15) is 5.69 Å². The molecule has 21 heavy (non-hydrogen) atoms. The summed E-state index contributed by atoms with van der Waals surface area (Å²) >= 11 is 0. The number of nitrogens with zero attached hydrogens (tertiary/aromatic N) is 2. The fourth-order valence-corrected chi connectivity index (χ4v) is 3.21. The molecule has 0 bridgehead atoms. The quantitative estimate of drug-likeness (QED) is 0.937. The van der Waals surface area contributed by atoms with E-state index in [1.807, 2.05) is 31.2 Å². The molecular weight excluding hydrogens is 262 g/mol. The van der Waals surface area contributed by atoms with Gasteiger partial charge in [-0.05, 0) is 50.3 Å². The first-order valence-electron chi connectivity index (χ1n) is 7.84. The van der Waals surface area contributed by atoms with E-state index in [0.717, 1.165) is 23.3 Å². The number of benzene rings is 1. The van der Waals surface area contributed by atoms with Crippen molar-refractivity contribution < 1.29 is 4.74 Å². The van der Waals surface area contributed by atoms with Crippen molar-refractivity contribution in [3.63, 3.8) is 0 Å². The van der Waals surface area contributed by atoms with Crippen LogP contribution in [-0.4, -0.2) is 23.1 Å². The summed E-state index contributed by atoms with van der Waals surface area (Å²) in [4.78, 5) is 9.16. The van der Waals surface area contributed by atoms with Gasteiger partial charge in [0, 0.05) is 0 Å². The molecule has 1 aromatic carbocycles. The molecule has 112 valence electrons. The average molecular weight is 285 g/mol. The van der Waals surface area contributed by atoms with Crippen LogP contribution in [0.3, 0.4) is 0 Å². The van der Waals surface area contributed by atoms with Gasteiger partial charge < -0.3 is 10.5 Å². The fourth-order valence-electron chi connectivity index (χ4n) is 3.21. The topological polar surface area (TPSA) is 61.0 Å². The lowest BCUT2D eigenvalue weighted by Crippen LogP contribution is -2.31. The Hall–Kier alpha value is -1.68. The molecule has 1 aliphatic rings. The minimum Gasteiger partial charge on any atom is -0.476 e. The van der Waals surface area contributed by atoms with E-state index in [-0.39, 0.29) is 0 Å². The molecule has 2 N–H and O–H groups in total. The van der Waals surface area contributed by atoms with Crippen molar-refractivity contribution in [2.45, 2.75) is 32.6 Å². The summed E-state index contributed by atoms with van der Waals surface area (Å²) in [6.45, 7) is 3.42. The molecular formula is C17H23N3O. The molecule has 1 aliphatic carbocycles. The van der Waals surface area contributed by atoms with Crippen LogP contribution in [0.25, 0.3) is 11.0 Å². The van der Waals surface area contributed by atoms with E-state index >= 15 is 0 Å². The highest BCUT2D eigenvalue weighted by molar-refractivity contribution is 5.74. The number of aromatic nitrogens is 2. The number of nitrogens with two attached hydrogens (primary N) is 1. The maximum Gasteiger partial charge on any atom is 0.235 e. The Morgan fingerprint density at radius 3 is 2.48 bits per heavy atom. The molecule has 4 heteroatoms. The highest BCUT2D eigenvalue weighted by atomic mass is 16.5. The van der Waals surface area contributed by atoms with Gasteiger partial charge in [0.2, 0.25) is 5.88 Å². The van der Waals surface area contributed by atoms with Crippen LogP contribution in [0.5, 0.6) is 5.88 Å². The van der Waals surface area contributed by atoms with Crippen molar-refractivity contribution in [2.75, 3.05) is 13.2 Å². The molecule has 0 aliphatic heterocycles. The SMILES string of the molecule is Cc1nc2ccccc2nc1OCC1CCCCC1CN. The Labute approximate surface area is 125 Å². The van der Waals surface area contributed by atoms with E-state index in [1.54, 1.807) is 0 Å². The fraction of sp³-hybridized carbons (Fsp3) is 0.529. The number of fused-ring (bicyclic) bond motifs is 1. The first-order chi connectivity index (χ1) is 10.3. The average Bonchev–Trinajstić information content (AvgIpc) is 2.53. The Bertz CT molecular complexity index is 614. The molecule has 0 amide bonds. The summed E-state index contributed by atoms with van der Waals surface area (Å²) in [5.74, 6) is 1.80. The van der Waals surface area contributed by atoms with Gasteiger partial charge in [-0.3, -0.25) is 0 Å². The van der Waals surface area contributed by atoms with Gasteiger partial charge in [-0.25, -0.2) is 9.97 Å². The van der Waals surface area contributed by atoms with Gasteiger partial charge in [0.15, 0.2) is 0 Å². The van der Waals surface area contributed by atoms with Crippen LogP contribution in [0.1, 0.15) is 31.4 Å². The number of ether oxygens (including phenoxy) is 1. The van der Waals surface area contributed by atoms with Crippen LogP contribution in [0.15, 0.2) is 24.3 Å². The number of hydrogen-bond acceptors (Lipinski definition) is 4. The second kappa shape index (κ2) is 6.39. The molecule has 1 heterocycles. The van der Waals surface area contributed by atoms with Crippen LogP contribution < -0.4 is 10.5 Å². The van der Waals surface area contributed by atoms with Crippen molar-refractivity contribution in [3.05, 3.63) is 30.0 Å². The van der Waals surface area contributed by atoms with E-state index in [1.165, 1.54) is 25.7 Å². The second-order valence-electron chi connectivity index (χ2n) is 5.95. The summed E-state index contributed by atoms with van der Waals surface area (Å²) in [6, 6.07) is 7.90. The zero-order chi connectivity index (χ0) is 14.7. The van der Waals surface area contributed by atoms with E-state index in [9.17, 15) is 0 Å². The lowest BCUT2D eigenvalue weighted by Gasteiger charge is -2.30. The zero-order valence-electron chi connectivity index (χ0n) is 12.6. The lowest BCUT2D eigenvalue weighted by atomic mass is 9.80. The van der Waals surface area contributed by atoms with Crippen molar-refractivity contribution >= 4 is 11.0 Å². The monoisotopic (exact) mass is 285 g/mol. The van der Waals surface area contributed by atoms with Crippen molar-refractivity contribution in [1.82, 2.24) is 9.97 Å². The third kappa shape index (κ3) is 3.16. The molecule has 0 spiro atoms. The van der Waals surface area contributed by atoms with Crippen LogP contribution in [0.4, 0.5) is 0 Å². The smallest absolute Gasteiger partial charge is 0.235 e. The van der Waals surface area contributed by atoms with Gasteiger partial charge in [-0.1, -0.05) is 25.0 Å². The molecule has 4 nitrogen and oxygen atoms in total. The summed E-state index contributed by atoms with van der Waals surface area (Å²) < 4.78 is 5.99. The molecule has 1 aromatic heterocycles. The Morgan fingerprint density at radius 2 is 1.76 bits per heavy atom. The third-order valence-electron chi connectivity index (χ3n) is 4.50. The standard InChI is InChI=1S/C17H23N3O/c1-12-17(20-16-9-5-4-8-15(16)19-12)21-11-14-7-3-2-6-13(14)10-18/h4-5,8-9,13-14H,2-3,6-7,10-11,18H2,1H3. The molecule has 3 rings (SSSR count).